The summed E-state index contributed by atoms with van der Waals surface area (Å²) >= 11 is 1.20. The van der Waals surface area contributed by atoms with E-state index < -0.39 is 10.0 Å². The molecule has 7 nitrogen and oxygen atoms in total. The van der Waals surface area contributed by atoms with Gasteiger partial charge in [0.2, 0.25) is 11.8 Å². The molecule has 166 valence electrons. The lowest BCUT2D eigenvalue weighted by Crippen LogP contribution is -2.49. The number of hydrogen-bond acceptors (Lipinski definition) is 5. The van der Waals surface area contributed by atoms with Crippen LogP contribution < -0.4 is 5.32 Å². The summed E-state index contributed by atoms with van der Waals surface area (Å²) in [6.45, 7) is 1.74. The molecule has 1 atom stereocenters. The Hall–Kier alpha value is -2.23. The Bertz CT molecular complexity index is 1000. The van der Waals surface area contributed by atoms with Crippen molar-refractivity contribution >= 4 is 38.9 Å². The van der Waals surface area contributed by atoms with Crippen LogP contribution in [-0.4, -0.2) is 55.6 Å². The number of sulfonamides is 1. The number of hydrogen-bond donors (Lipinski definition) is 1. The highest BCUT2D eigenvalue weighted by Gasteiger charge is 2.37. The van der Waals surface area contributed by atoms with E-state index in [-0.39, 0.29) is 30.2 Å². The van der Waals surface area contributed by atoms with Crippen molar-refractivity contribution < 1.29 is 18.0 Å². The van der Waals surface area contributed by atoms with Gasteiger partial charge in [-0.05, 0) is 49.3 Å². The van der Waals surface area contributed by atoms with Crippen LogP contribution in [0.15, 0.2) is 52.1 Å². The maximum Gasteiger partial charge on any atom is 0.252 e. The van der Waals surface area contributed by atoms with Crippen molar-refractivity contribution in [2.75, 3.05) is 31.5 Å². The van der Waals surface area contributed by atoms with E-state index >= 15 is 0 Å². The van der Waals surface area contributed by atoms with Gasteiger partial charge in [0, 0.05) is 37.8 Å². The van der Waals surface area contributed by atoms with Crippen LogP contribution in [0.4, 0.5) is 5.69 Å². The zero-order valence-corrected chi connectivity index (χ0v) is 18.9. The molecular weight excluding hydrogens is 434 g/mol. The van der Waals surface area contributed by atoms with Gasteiger partial charge >= 0.3 is 0 Å². The monoisotopic (exact) mass is 461 g/mol. The summed E-state index contributed by atoms with van der Waals surface area (Å²) in [5, 5.41) is 4.69. The van der Waals surface area contributed by atoms with E-state index in [9.17, 15) is 18.0 Å². The molecule has 0 bridgehead atoms. The van der Waals surface area contributed by atoms with Gasteiger partial charge in [-0.15, -0.1) is 11.3 Å². The van der Waals surface area contributed by atoms with Crippen LogP contribution in [0.5, 0.6) is 0 Å². The summed E-state index contributed by atoms with van der Waals surface area (Å²) in [6.07, 6.45) is 2.61. The minimum atomic E-state index is -3.54. The zero-order chi connectivity index (χ0) is 21.8. The van der Waals surface area contributed by atoms with E-state index in [1.807, 2.05) is 30.3 Å². The first-order chi connectivity index (χ1) is 14.9. The van der Waals surface area contributed by atoms with E-state index in [0.29, 0.717) is 49.5 Å². The van der Waals surface area contributed by atoms with Crippen molar-refractivity contribution in [2.24, 2.45) is 11.8 Å². The number of benzene rings is 1. The van der Waals surface area contributed by atoms with E-state index in [4.69, 9.17) is 0 Å². The first kappa shape index (κ1) is 22.0. The average molecular weight is 462 g/mol. The molecule has 3 heterocycles. The van der Waals surface area contributed by atoms with Gasteiger partial charge in [-0.25, -0.2) is 8.42 Å². The minimum Gasteiger partial charge on any atom is -0.342 e. The summed E-state index contributed by atoms with van der Waals surface area (Å²) in [5.74, 6) is -0.443. The number of thiophene rings is 1. The van der Waals surface area contributed by atoms with Crippen molar-refractivity contribution in [3.8, 4) is 0 Å². The van der Waals surface area contributed by atoms with Crippen LogP contribution in [0.3, 0.4) is 0 Å². The second kappa shape index (κ2) is 9.50. The topological polar surface area (TPSA) is 86.8 Å². The Labute approximate surface area is 187 Å². The Balaban J connectivity index is 1.31. The van der Waals surface area contributed by atoms with Gasteiger partial charge < -0.3 is 10.2 Å². The fraction of sp³-hybridized carbons (Fsp3) is 0.455. The van der Waals surface area contributed by atoms with E-state index in [0.717, 1.165) is 5.69 Å². The number of anilines is 1. The smallest absolute Gasteiger partial charge is 0.252 e. The third kappa shape index (κ3) is 4.99. The lowest BCUT2D eigenvalue weighted by atomic mass is 9.93. The van der Waals surface area contributed by atoms with Crippen LogP contribution in [0, 0.1) is 11.8 Å². The summed E-state index contributed by atoms with van der Waals surface area (Å²) in [6, 6.07) is 12.7. The number of amides is 2. The number of piperidine rings is 2. The molecule has 4 rings (SSSR count). The molecule has 0 radical (unpaired) electrons. The summed E-state index contributed by atoms with van der Waals surface area (Å²) in [5.41, 5.74) is 0.778. The molecule has 2 fully saturated rings. The standard InChI is InChI=1S/C22H27N3O4S2/c26-21(23-19-7-2-1-3-8-19)17-10-13-24(14-11-17)22(27)18-6-4-12-25(16-18)31(28,29)20-9-5-15-30-20/h1-3,5,7-9,15,17-18H,4,6,10-14,16H2,(H,23,26)/t18-/m1/s1. The quantitative estimate of drug-likeness (QED) is 0.742. The summed E-state index contributed by atoms with van der Waals surface area (Å²) in [4.78, 5) is 27.4. The van der Waals surface area contributed by atoms with Crippen molar-refractivity contribution in [1.29, 1.82) is 0 Å². The number of rotatable bonds is 5. The van der Waals surface area contributed by atoms with Crippen molar-refractivity contribution in [2.45, 2.75) is 29.9 Å². The van der Waals surface area contributed by atoms with Gasteiger partial charge in [0.15, 0.2) is 0 Å². The minimum absolute atomic E-state index is 0.00740. The third-order valence-corrected chi connectivity index (χ3v) is 9.28. The normalized spacial score (nSPS) is 21.0. The highest BCUT2D eigenvalue weighted by Crippen LogP contribution is 2.28. The second-order valence-corrected chi connectivity index (χ2v) is 11.2. The second-order valence-electron chi connectivity index (χ2n) is 8.09. The molecule has 9 heteroatoms. The average Bonchev–Trinajstić information content (AvgIpc) is 3.35. The molecule has 31 heavy (non-hydrogen) atoms. The van der Waals surface area contributed by atoms with Crippen LogP contribution in [0.25, 0.3) is 0 Å². The predicted molar refractivity (Wildman–Crippen MR) is 120 cm³/mol. The number of para-hydroxylation sites is 1. The molecule has 2 saturated heterocycles. The number of carbonyl (C=O) groups excluding carboxylic acids is 2. The highest BCUT2D eigenvalue weighted by atomic mass is 32.2. The first-order valence-corrected chi connectivity index (χ1v) is 13.0. The molecule has 2 amide bonds. The molecule has 2 aromatic rings. The van der Waals surface area contributed by atoms with Crippen molar-refractivity contribution in [1.82, 2.24) is 9.21 Å². The maximum atomic E-state index is 13.1. The van der Waals surface area contributed by atoms with Gasteiger partial charge in [0.05, 0.1) is 5.92 Å². The Morgan fingerprint density at radius 3 is 2.35 bits per heavy atom. The van der Waals surface area contributed by atoms with Crippen LogP contribution in [0.1, 0.15) is 25.7 Å². The fourth-order valence-corrected chi connectivity index (χ4v) is 6.95. The lowest BCUT2D eigenvalue weighted by Gasteiger charge is -2.37. The van der Waals surface area contributed by atoms with E-state index in [1.165, 1.54) is 15.6 Å². The van der Waals surface area contributed by atoms with Crippen molar-refractivity contribution in [3.05, 3.63) is 47.8 Å². The molecule has 1 aromatic heterocycles. The maximum absolute atomic E-state index is 13.1. The van der Waals surface area contributed by atoms with Gasteiger partial charge in [-0.3, -0.25) is 9.59 Å². The molecule has 2 aliphatic rings. The predicted octanol–water partition coefficient (Wildman–Crippen LogP) is 3.03. The largest absolute Gasteiger partial charge is 0.342 e. The number of likely N-dealkylation sites (tertiary alicyclic amines) is 1. The lowest BCUT2D eigenvalue weighted by molar-refractivity contribution is -0.139. The fourth-order valence-electron chi connectivity index (χ4n) is 4.29. The van der Waals surface area contributed by atoms with Crippen molar-refractivity contribution in [3.63, 3.8) is 0 Å². The van der Waals surface area contributed by atoms with Gasteiger partial charge in [0.25, 0.3) is 10.0 Å². The first-order valence-electron chi connectivity index (χ1n) is 10.6. The molecule has 2 aliphatic heterocycles. The zero-order valence-electron chi connectivity index (χ0n) is 17.3. The molecule has 0 aliphatic carbocycles. The van der Waals surface area contributed by atoms with Crippen LogP contribution in [0.2, 0.25) is 0 Å². The third-order valence-electron chi connectivity index (χ3n) is 6.04. The van der Waals surface area contributed by atoms with Gasteiger partial charge in [0.1, 0.15) is 4.21 Å². The molecule has 1 N–H and O–H groups in total. The number of nitrogens with one attached hydrogen (secondary N) is 1. The number of nitrogens with zero attached hydrogens (tertiary/aromatic N) is 2. The molecule has 1 aromatic carbocycles. The van der Waals surface area contributed by atoms with Gasteiger partial charge in [-0.1, -0.05) is 24.3 Å². The molecular formula is C22H27N3O4S2. The Kier molecular flexibility index (Phi) is 6.74. The summed E-state index contributed by atoms with van der Waals surface area (Å²) < 4.78 is 27.4. The Morgan fingerprint density at radius 1 is 0.935 bits per heavy atom. The Morgan fingerprint density at radius 2 is 1.68 bits per heavy atom. The summed E-state index contributed by atoms with van der Waals surface area (Å²) in [7, 11) is -3.54. The van der Waals surface area contributed by atoms with E-state index in [2.05, 4.69) is 5.32 Å². The molecule has 0 unspecified atom stereocenters. The highest BCUT2D eigenvalue weighted by molar-refractivity contribution is 7.91. The molecule has 0 saturated carbocycles. The number of carbonyl (C=O) groups is 2. The van der Waals surface area contributed by atoms with Gasteiger partial charge in [-0.2, -0.15) is 4.31 Å². The van der Waals surface area contributed by atoms with Crippen LogP contribution in [-0.2, 0) is 19.6 Å². The van der Waals surface area contributed by atoms with E-state index in [1.54, 1.807) is 22.4 Å². The van der Waals surface area contributed by atoms with Crippen LogP contribution >= 0.6 is 11.3 Å². The molecule has 0 spiro atoms. The SMILES string of the molecule is O=C(Nc1ccccc1)C1CCN(C(=O)[C@@H]2CCCN(S(=O)(=O)c3cccs3)C2)CC1.